The zero-order valence-corrected chi connectivity index (χ0v) is 12.8. The molecule has 0 aromatic carbocycles. The number of carbonyl (C=O) groups excluding carboxylic acids is 2. The van der Waals surface area contributed by atoms with E-state index in [1.165, 1.54) is 6.92 Å². The number of carbonyl (C=O) groups is 2. The third-order valence-corrected chi connectivity index (χ3v) is 3.36. The normalized spacial score (nSPS) is 10.4. The number of nitrogens with one attached hydrogen (secondary N) is 2. The lowest BCUT2D eigenvalue weighted by atomic mass is 10.3. The van der Waals surface area contributed by atoms with Crippen molar-refractivity contribution in [2.45, 2.75) is 6.92 Å². The van der Waals surface area contributed by atoms with Crippen LogP contribution in [-0.4, -0.2) is 20.8 Å². The molecule has 106 valence electrons. The van der Waals surface area contributed by atoms with Gasteiger partial charge in [-0.3, -0.25) is 9.59 Å². The molecule has 20 heavy (non-hydrogen) atoms. The Morgan fingerprint density at radius 1 is 1.05 bits per heavy atom. The van der Waals surface area contributed by atoms with Gasteiger partial charge in [-0.05, 0) is 21.5 Å². The fourth-order valence-corrected chi connectivity index (χ4v) is 2.21. The highest BCUT2D eigenvalue weighted by Gasteiger charge is 2.14. The third kappa shape index (κ3) is 2.75. The van der Waals surface area contributed by atoms with Crippen LogP contribution in [0.4, 0.5) is 11.4 Å². The van der Waals surface area contributed by atoms with Crippen LogP contribution in [-0.2, 0) is 14.1 Å². The second-order valence-electron chi connectivity index (χ2n) is 4.60. The van der Waals surface area contributed by atoms with E-state index in [4.69, 9.17) is 0 Å². The number of rotatable bonds is 4. The highest BCUT2D eigenvalue weighted by molar-refractivity contribution is 7.18. The van der Waals surface area contributed by atoms with Crippen molar-refractivity contribution in [1.29, 1.82) is 0 Å². The fraction of sp³-hybridized carbons (Fsp3) is 0.231. The van der Waals surface area contributed by atoms with Crippen LogP contribution in [0.25, 0.3) is 0 Å². The van der Waals surface area contributed by atoms with Crippen molar-refractivity contribution < 1.29 is 9.59 Å². The molecule has 1 unspecified atom stereocenters. The van der Waals surface area contributed by atoms with E-state index < -0.39 is 0 Å². The Labute approximate surface area is 119 Å². The van der Waals surface area contributed by atoms with Gasteiger partial charge in [-0.2, -0.15) is 0 Å². The Balaban J connectivity index is 2.21. The minimum atomic E-state index is -0.222. The van der Waals surface area contributed by atoms with E-state index in [2.05, 4.69) is 19.8 Å². The number of amides is 1. The summed E-state index contributed by atoms with van der Waals surface area (Å²) in [4.78, 5) is 23.6. The van der Waals surface area contributed by atoms with Gasteiger partial charge in [0.25, 0.3) is 5.91 Å². The molecule has 0 aliphatic heterocycles. The van der Waals surface area contributed by atoms with Crippen LogP contribution in [0.5, 0.6) is 0 Å². The van der Waals surface area contributed by atoms with Gasteiger partial charge in [0.15, 0.2) is 5.78 Å². The second-order valence-corrected chi connectivity index (χ2v) is 4.89. The van der Waals surface area contributed by atoms with Gasteiger partial charge in [-0.1, -0.05) is 0 Å². The first kappa shape index (κ1) is 14.3. The first-order chi connectivity index (χ1) is 9.42. The molecule has 1 atom stereocenters. The first-order valence-corrected chi connectivity index (χ1v) is 6.61. The Morgan fingerprint density at radius 2 is 1.60 bits per heavy atom. The summed E-state index contributed by atoms with van der Waals surface area (Å²) in [6.07, 6.45) is 3.53. The molecule has 0 spiro atoms. The average Bonchev–Trinajstić information content (AvgIpc) is 2.92. The highest BCUT2D eigenvalue weighted by atomic mass is 31.0. The second kappa shape index (κ2) is 5.51. The molecule has 2 rings (SSSR count). The minimum Gasteiger partial charge on any atom is -0.368 e. The van der Waals surface area contributed by atoms with E-state index in [-0.39, 0.29) is 11.7 Å². The molecule has 7 heteroatoms. The molecule has 0 fully saturated rings. The van der Waals surface area contributed by atoms with E-state index in [1.54, 1.807) is 41.6 Å². The van der Waals surface area contributed by atoms with Gasteiger partial charge in [0.2, 0.25) is 0 Å². The number of hydrogen-bond acceptors (Lipinski definition) is 3. The lowest BCUT2D eigenvalue weighted by Gasteiger charge is -2.03. The number of aromatic nitrogens is 2. The highest BCUT2D eigenvalue weighted by Crippen LogP contribution is 2.18. The molecule has 2 N–H and O–H groups in total. The summed E-state index contributed by atoms with van der Waals surface area (Å²) in [6.45, 7) is 1.50. The van der Waals surface area contributed by atoms with Gasteiger partial charge < -0.3 is 19.5 Å². The van der Waals surface area contributed by atoms with E-state index in [0.717, 1.165) is 5.69 Å². The van der Waals surface area contributed by atoms with E-state index >= 15 is 0 Å². The number of ketones is 1. The summed E-state index contributed by atoms with van der Waals surface area (Å²) >= 11 is 0. The zero-order chi connectivity index (χ0) is 14.9. The van der Waals surface area contributed by atoms with Crippen LogP contribution in [0.15, 0.2) is 24.5 Å². The summed E-state index contributed by atoms with van der Waals surface area (Å²) in [5.41, 5.74) is 2.52. The summed E-state index contributed by atoms with van der Waals surface area (Å²) in [5.74, 6) is -0.263. The lowest BCUT2D eigenvalue weighted by Crippen LogP contribution is -2.14. The summed E-state index contributed by atoms with van der Waals surface area (Å²) in [6, 6.07) is 3.41. The predicted octanol–water partition coefficient (Wildman–Crippen LogP) is 2.02. The number of aryl methyl sites for hydroxylation is 2. The molecular formula is C13H17N4O2P. The Hall–Kier alpha value is -2.07. The smallest absolute Gasteiger partial charge is 0.272 e. The Morgan fingerprint density at radius 3 is 2.10 bits per heavy atom. The molecule has 1 amide bonds. The maximum absolute atomic E-state index is 12.2. The SMILES string of the molecule is CC(=O)c1cc(NC(=O)c2cc(NP)cn2C)cn1C. The predicted molar refractivity (Wildman–Crippen MR) is 82.1 cm³/mol. The summed E-state index contributed by atoms with van der Waals surface area (Å²) in [7, 11) is 5.95. The number of Topliss-reactive ketones (excluding diaryl/α,β-unsaturated/α-hetero) is 1. The van der Waals surface area contributed by atoms with Crippen molar-refractivity contribution >= 4 is 32.5 Å². The van der Waals surface area contributed by atoms with Crippen molar-refractivity contribution in [1.82, 2.24) is 9.13 Å². The van der Waals surface area contributed by atoms with Gasteiger partial charge in [-0.25, -0.2) is 0 Å². The van der Waals surface area contributed by atoms with Crippen LogP contribution < -0.4 is 10.4 Å². The van der Waals surface area contributed by atoms with Crippen molar-refractivity contribution in [2.75, 3.05) is 10.4 Å². The van der Waals surface area contributed by atoms with Gasteiger partial charge in [0.05, 0.1) is 17.1 Å². The molecule has 2 aromatic heterocycles. The maximum atomic E-state index is 12.2. The molecule has 0 saturated carbocycles. The number of anilines is 2. The first-order valence-electron chi connectivity index (χ1n) is 6.04. The molecule has 2 aromatic rings. The largest absolute Gasteiger partial charge is 0.368 e. The van der Waals surface area contributed by atoms with Crippen molar-refractivity contribution in [3.8, 4) is 0 Å². The van der Waals surface area contributed by atoms with Gasteiger partial charge in [0.1, 0.15) is 5.69 Å². The summed E-state index contributed by atoms with van der Waals surface area (Å²) in [5, 5.41) is 5.69. The monoisotopic (exact) mass is 292 g/mol. The Bertz CT molecular complexity index is 672. The molecule has 0 radical (unpaired) electrons. The standard InChI is InChI=1S/C13H17N4O2P/c1-8(18)11-4-9(6-16(11)2)14-13(19)12-5-10(15-20)7-17(12)3/h4-7,15H,20H2,1-3H3,(H,14,19). The maximum Gasteiger partial charge on any atom is 0.272 e. The molecule has 0 aliphatic carbocycles. The minimum absolute atomic E-state index is 0.0404. The number of hydrogen-bond donors (Lipinski definition) is 2. The Kier molecular flexibility index (Phi) is 3.95. The van der Waals surface area contributed by atoms with Gasteiger partial charge >= 0.3 is 0 Å². The average molecular weight is 292 g/mol. The molecule has 6 nitrogen and oxygen atoms in total. The van der Waals surface area contributed by atoms with Gasteiger partial charge in [-0.15, -0.1) is 0 Å². The van der Waals surface area contributed by atoms with Crippen molar-refractivity contribution in [2.24, 2.45) is 14.1 Å². The van der Waals surface area contributed by atoms with Crippen LogP contribution in [0.2, 0.25) is 0 Å². The van der Waals surface area contributed by atoms with Crippen LogP contribution in [0.3, 0.4) is 0 Å². The molecule has 0 saturated heterocycles. The van der Waals surface area contributed by atoms with Gasteiger partial charge in [0, 0.05) is 33.4 Å². The quantitative estimate of drug-likeness (QED) is 0.669. The topological polar surface area (TPSA) is 68.1 Å². The zero-order valence-electron chi connectivity index (χ0n) is 11.6. The van der Waals surface area contributed by atoms with E-state index in [1.807, 2.05) is 6.20 Å². The molecule has 0 bridgehead atoms. The number of nitrogens with zero attached hydrogens (tertiary/aromatic N) is 2. The third-order valence-electron chi connectivity index (χ3n) is 3.03. The summed E-state index contributed by atoms with van der Waals surface area (Å²) < 4.78 is 3.43. The van der Waals surface area contributed by atoms with Crippen LogP contribution in [0.1, 0.15) is 27.9 Å². The lowest BCUT2D eigenvalue weighted by molar-refractivity contribution is 0.1000. The van der Waals surface area contributed by atoms with E-state index in [0.29, 0.717) is 17.1 Å². The van der Waals surface area contributed by atoms with E-state index in [9.17, 15) is 9.59 Å². The van der Waals surface area contributed by atoms with Crippen LogP contribution in [0, 0.1) is 0 Å². The molecule has 0 aliphatic rings. The van der Waals surface area contributed by atoms with Crippen molar-refractivity contribution in [3.63, 3.8) is 0 Å². The molecule has 2 heterocycles. The fourth-order valence-electron chi connectivity index (χ4n) is 2.05. The van der Waals surface area contributed by atoms with Crippen LogP contribution >= 0.6 is 9.39 Å². The van der Waals surface area contributed by atoms with Crippen molar-refractivity contribution in [3.05, 3.63) is 35.9 Å². The molecular weight excluding hydrogens is 275 g/mol.